The van der Waals surface area contributed by atoms with Crippen molar-refractivity contribution in [2.24, 2.45) is 0 Å². The van der Waals surface area contributed by atoms with Gasteiger partial charge >= 0.3 is 0 Å². The summed E-state index contributed by atoms with van der Waals surface area (Å²) in [5.41, 5.74) is 1.90. The Morgan fingerprint density at radius 2 is 2.15 bits per heavy atom. The maximum Gasteiger partial charge on any atom is 0.255 e. The Morgan fingerprint density at radius 3 is 2.85 bits per heavy atom. The molecule has 1 heterocycles. The largest absolute Gasteiger partial charge is 0.496 e. The molecule has 20 heavy (non-hydrogen) atoms. The zero-order chi connectivity index (χ0) is 14.7. The molecular weight excluding hydrogens is 344 g/mol. The van der Waals surface area contributed by atoms with E-state index >= 15 is 0 Å². The minimum atomic E-state index is -0.273. The summed E-state index contributed by atoms with van der Waals surface area (Å²) in [7, 11) is 1.57. The standard InChI is InChI=1S/C14H12BrClN2O2/c1-8-3-4-9(5-12(8)20-2)14(19)18-11-6-10(15)7-17-13(11)16/h3-7H,1-2H3,(H,18,19). The number of ether oxygens (including phenoxy) is 1. The monoisotopic (exact) mass is 354 g/mol. The van der Waals surface area contributed by atoms with Crippen molar-refractivity contribution in [2.75, 3.05) is 12.4 Å². The van der Waals surface area contributed by atoms with E-state index in [9.17, 15) is 4.79 Å². The third kappa shape index (κ3) is 3.29. The molecule has 6 heteroatoms. The van der Waals surface area contributed by atoms with Crippen molar-refractivity contribution in [2.45, 2.75) is 6.92 Å². The van der Waals surface area contributed by atoms with Gasteiger partial charge in [-0.1, -0.05) is 17.7 Å². The summed E-state index contributed by atoms with van der Waals surface area (Å²) in [5, 5.41) is 2.96. The average Bonchev–Trinajstić information content (AvgIpc) is 2.43. The Bertz CT molecular complexity index is 662. The third-order valence-electron chi connectivity index (χ3n) is 2.72. The minimum absolute atomic E-state index is 0.237. The summed E-state index contributed by atoms with van der Waals surface area (Å²) < 4.78 is 5.94. The molecule has 0 unspecified atom stereocenters. The number of hydrogen-bond donors (Lipinski definition) is 1. The predicted molar refractivity (Wildman–Crippen MR) is 82.6 cm³/mol. The maximum atomic E-state index is 12.2. The van der Waals surface area contributed by atoms with Crippen molar-refractivity contribution in [3.8, 4) is 5.75 Å². The highest BCUT2D eigenvalue weighted by atomic mass is 79.9. The summed E-state index contributed by atoms with van der Waals surface area (Å²) in [4.78, 5) is 16.1. The average molecular weight is 356 g/mol. The molecule has 0 aliphatic heterocycles. The van der Waals surface area contributed by atoms with Crippen molar-refractivity contribution in [3.63, 3.8) is 0 Å². The second-order valence-corrected chi connectivity index (χ2v) is 5.40. The molecule has 4 nitrogen and oxygen atoms in total. The van der Waals surface area contributed by atoms with Gasteiger partial charge in [-0.15, -0.1) is 0 Å². The highest BCUT2D eigenvalue weighted by molar-refractivity contribution is 9.10. The number of carbonyl (C=O) groups excluding carboxylic acids is 1. The third-order valence-corrected chi connectivity index (χ3v) is 3.46. The predicted octanol–water partition coefficient (Wildman–Crippen LogP) is 4.07. The number of amides is 1. The van der Waals surface area contributed by atoms with E-state index in [0.717, 1.165) is 10.0 Å². The van der Waals surface area contributed by atoms with E-state index < -0.39 is 0 Å². The molecule has 0 aliphatic carbocycles. The molecule has 0 spiro atoms. The summed E-state index contributed by atoms with van der Waals surface area (Å²) in [6.45, 7) is 1.91. The summed E-state index contributed by atoms with van der Waals surface area (Å²) >= 11 is 9.22. The Hall–Kier alpha value is -1.59. The Balaban J connectivity index is 2.26. The Labute approximate surface area is 130 Å². The van der Waals surface area contributed by atoms with E-state index in [0.29, 0.717) is 17.0 Å². The molecule has 1 N–H and O–H groups in total. The van der Waals surface area contributed by atoms with Crippen LogP contribution in [-0.2, 0) is 0 Å². The zero-order valence-electron chi connectivity index (χ0n) is 10.9. The first-order valence-electron chi connectivity index (χ1n) is 5.78. The fourth-order valence-electron chi connectivity index (χ4n) is 1.67. The van der Waals surface area contributed by atoms with Gasteiger partial charge in [-0.3, -0.25) is 4.79 Å². The molecule has 0 atom stereocenters. The van der Waals surface area contributed by atoms with Gasteiger partial charge in [0, 0.05) is 16.2 Å². The number of nitrogens with one attached hydrogen (secondary N) is 1. The van der Waals surface area contributed by atoms with E-state index in [1.54, 1.807) is 31.5 Å². The van der Waals surface area contributed by atoms with Crippen LogP contribution in [0.3, 0.4) is 0 Å². The molecule has 0 saturated carbocycles. The van der Waals surface area contributed by atoms with Crippen LogP contribution >= 0.6 is 27.5 Å². The van der Waals surface area contributed by atoms with Gasteiger partial charge in [0.15, 0.2) is 5.15 Å². The topological polar surface area (TPSA) is 51.2 Å². The zero-order valence-corrected chi connectivity index (χ0v) is 13.2. The summed E-state index contributed by atoms with van der Waals surface area (Å²) in [5.74, 6) is 0.390. The van der Waals surface area contributed by atoms with Gasteiger partial charge in [0.25, 0.3) is 5.91 Å². The van der Waals surface area contributed by atoms with Crippen LogP contribution in [0.5, 0.6) is 5.75 Å². The van der Waals surface area contributed by atoms with E-state index in [2.05, 4.69) is 26.2 Å². The normalized spacial score (nSPS) is 10.2. The molecule has 104 valence electrons. The van der Waals surface area contributed by atoms with Gasteiger partial charge in [-0.2, -0.15) is 0 Å². The smallest absolute Gasteiger partial charge is 0.255 e. The van der Waals surface area contributed by atoms with Crippen molar-refractivity contribution in [1.82, 2.24) is 4.98 Å². The number of nitrogens with zero attached hydrogens (tertiary/aromatic N) is 1. The van der Waals surface area contributed by atoms with Gasteiger partial charge in [0.05, 0.1) is 12.8 Å². The lowest BCUT2D eigenvalue weighted by molar-refractivity contribution is 0.102. The number of aryl methyl sites for hydroxylation is 1. The van der Waals surface area contributed by atoms with Crippen LogP contribution in [0, 0.1) is 6.92 Å². The minimum Gasteiger partial charge on any atom is -0.496 e. The highest BCUT2D eigenvalue weighted by Crippen LogP contribution is 2.24. The second-order valence-electron chi connectivity index (χ2n) is 4.13. The summed E-state index contributed by atoms with van der Waals surface area (Å²) in [6.07, 6.45) is 1.56. The second kappa shape index (κ2) is 6.24. The molecule has 2 aromatic rings. The number of anilines is 1. The number of rotatable bonds is 3. The summed E-state index contributed by atoms with van der Waals surface area (Å²) in [6, 6.07) is 6.93. The molecular formula is C14H12BrClN2O2. The number of benzene rings is 1. The number of hydrogen-bond acceptors (Lipinski definition) is 3. The van der Waals surface area contributed by atoms with Crippen molar-refractivity contribution in [3.05, 3.63) is 51.2 Å². The molecule has 1 amide bonds. The van der Waals surface area contributed by atoms with Gasteiger partial charge in [-0.25, -0.2) is 4.98 Å². The first-order chi connectivity index (χ1) is 9.51. The van der Waals surface area contributed by atoms with E-state index in [4.69, 9.17) is 16.3 Å². The van der Waals surface area contributed by atoms with Crippen LogP contribution < -0.4 is 10.1 Å². The van der Waals surface area contributed by atoms with Gasteiger partial charge < -0.3 is 10.1 Å². The molecule has 2 rings (SSSR count). The van der Waals surface area contributed by atoms with Crippen molar-refractivity contribution in [1.29, 1.82) is 0 Å². The van der Waals surface area contributed by atoms with E-state index in [1.807, 2.05) is 13.0 Å². The first-order valence-corrected chi connectivity index (χ1v) is 6.95. The lowest BCUT2D eigenvalue weighted by atomic mass is 10.1. The van der Waals surface area contributed by atoms with Gasteiger partial charge in [0.2, 0.25) is 0 Å². The molecule has 1 aromatic carbocycles. The van der Waals surface area contributed by atoms with Crippen molar-refractivity contribution >= 4 is 39.1 Å². The quantitative estimate of drug-likeness (QED) is 0.845. The van der Waals surface area contributed by atoms with Crippen LogP contribution in [0.4, 0.5) is 5.69 Å². The number of pyridine rings is 1. The maximum absolute atomic E-state index is 12.2. The van der Waals surface area contributed by atoms with Crippen LogP contribution in [0.1, 0.15) is 15.9 Å². The highest BCUT2D eigenvalue weighted by Gasteiger charge is 2.11. The molecule has 0 radical (unpaired) electrons. The van der Waals surface area contributed by atoms with Crippen molar-refractivity contribution < 1.29 is 9.53 Å². The molecule has 1 aromatic heterocycles. The molecule has 0 bridgehead atoms. The van der Waals surface area contributed by atoms with Crippen LogP contribution in [0.2, 0.25) is 5.15 Å². The van der Waals surface area contributed by atoms with Crippen LogP contribution in [0.15, 0.2) is 34.9 Å². The fraction of sp³-hybridized carbons (Fsp3) is 0.143. The van der Waals surface area contributed by atoms with E-state index in [-0.39, 0.29) is 11.1 Å². The Kier molecular flexibility index (Phi) is 4.62. The fourth-order valence-corrected chi connectivity index (χ4v) is 2.15. The van der Waals surface area contributed by atoms with Gasteiger partial charge in [0.1, 0.15) is 5.75 Å². The number of methoxy groups -OCH3 is 1. The number of halogens is 2. The van der Waals surface area contributed by atoms with Crippen LogP contribution in [-0.4, -0.2) is 18.0 Å². The lowest BCUT2D eigenvalue weighted by Gasteiger charge is -2.09. The van der Waals surface area contributed by atoms with Gasteiger partial charge in [-0.05, 0) is 46.6 Å². The SMILES string of the molecule is COc1cc(C(=O)Nc2cc(Br)cnc2Cl)ccc1C. The molecule has 0 fully saturated rings. The van der Waals surface area contributed by atoms with Crippen LogP contribution in [0.25, 0.3) is 0 Å². The lowest BCUT2D eigenvalue weighted by Crippen LogP contribution is -2.12. The molecule has 0 aliphatic rings. The number of carbonyl (C=O) groups is 1. The van der Waals surface area contributed by atoms with E-state index in [1.165, 1.54) is 0 Å². The first kappa shape index (κ1) is 14.8. The number of aromatic nitrogens is 1. The Morgan fingerprint density at radius 1 is 1.40 bits per heavy atom. The molecule has 0 saturated heterocycles.